The Morgan fingerprint density at radius 2 is 1.65 bits per heavy atom. The summed E-state index contributed by atoms with van der Waals surface area (Å²) in [5.41, 5.74) is 9.60. The Morgan fingerprint density at radius 1 is 1.00 bits per heavy atom. The van der Waals surface area contributed by atoms with Gasteiger partial charge in [-0.1, -0.05) is 61.7 Å². The van der Waals surface area contributed by atoms with Gasteiger partial charge in [0.1, 0.15) is 0 Å². The summed E-state index contributed by atoms with van der Waals surface area (Å²) in [7, 11) is 2.25. The molecule has 2 aromatic carbocycles. The number of nitrogens with one attached hydrogen (secondary N) is 1. The van der Waals surface area contributed by atoms with E-state index in [9.17, 15) is 0 Å². The summed E-state index contributed by atoms with van der Waals surface area (Å²) in [6.07, 6.45) is 6.77. The van der Waals surface area contributed by atoms with E-state index in [4.69, 9.17) is 5.73 Å². The molecule has 0 aromatic heterocycles. The average Bonchev–Trinajstić information content (AvgIpc) is 2.69. The molecule has 4 nitrogen and oxygen atoms in total. The smallest absolute Gasteiger partial charge is 0.193 e. The third kappa shape index (κ3) is 5.33. The lowest BCUT2D eigenvalue weighted by molar-refractivity contribution is 0.184. The van der Waals surface area contributed by atoms with Gasteiger partial charge in [-0.15, -0.1) is 0 Å². The zero-order chi connectivity index (χ0) is 18.2. The molecule has 0 saturated heterocycles. The number of rotatable bonds is 6. The molecule has 1 aliphatic carbocycles. The Balaban J connectivity index is 1.62. The topological polar surface area (TPSA) is 53.6 Å². The van der Waals surface area contributed by atoms with Gasteiger partial charge in [0.15, 0.2) is 5.96 Å². The van der Waals surface area contributed by atoms with E-state index in [1.54, 1.807) is 0 Å². The van der Waals surface area contributed by atoms with E-state index in [2.05, 4.69) is 46.5 Å². The molecule has 0 atom stereocenters. The maximum atomic E-state index is 6.05. The Labute approximate surface area is 157 Å². The Hall–Kier alpha value is -2.33. The summed E-state index contributed by atoms with van der Waals surface area (Å²) in [5.74, 6) is 0.451. The first-order chi connectivity index (χ1) is 12.7. The third-order valence-electron chi connectivity index (χ3n) is 5.20. The van der Waals surface area contributed by atoms with Crippen LogP contribution in [-0.2, 0) is 13.1 Å². The van der Waals surface area contributed by atoms with Crippen molar-refractivity contribution in [2.45, 2.75) is 51.2 Å². The minimum atomic E-state index is 0.451. The molecule has 2 aromatic rings. The van der Waals surface area contributed by atoms with Crippen LogP contribution in [0.15, 0.2) is 59.6 Å². The first-order valence-corrected chi connectivity index (χ1v) is 9.61. The molecular formula is C22H30N4. The number of benzene rings is 2. The average molecular weight is 351 g/mol. The van der Waals surface area contributed by atoms with Crippen molar-refractivity contribution in [1.29, 1.82) is 0 Å². The number of anilines is 1. The minimum absolute atomic E-state index is 0.451. The van der Waals surface area contributed by atoms with Crippen LogP contribution in [0, 0.1) is 0 Å². The van der Waals surface area contributed by atoms with Crippen LogP contribution < -0.4 is 11.1 Å². The molecule has 4 heteroatoms. The van der Waals surface area contributed by atoms with Gasteiger partial charge in [0.2, 0.25) is 0 Å². The second-order valence-electron chi connectivity index (χ2n) is 7.17. The van der Waals surface area contributed by atoms with E-state index in [-0.39, 0.29) is 0 Å². The second kappa shape index (κ2) is 9.39. The number of hydrogen-bond donors (Lipinski definition) is 2. The largest absolute Gasteiger partial charge is 0.370 e. The number of guanidine groups is 1. The molecule has 1 fully saturated rings. The van der Waals surface area contributed by atoms with Crippen molar-refractivity contribution >= 4 is 11.6 Å². The van der Waals surface area contributed by atoms with Crippen molar-refractivity contribution in [3.8, 4) is 0 Å². The number of hydrogen-bond acceptors (Lipinski definition) is 2. The lowest BCUT2D eigenvalue weighted by atomic mass is 9.94. The number of para-hydroxylation sites is 1. The summed E-state index contributed by atoms with van der Waals surface area (Å²) >= 11 is 0. The van der Waals surface area contributed by atoms with Crippen LogP contribution in [0.1, 0.15) is 43.2 Å². The molecule has 0 bridgehead atoms. The normalized spacial score (nSPS) is 16.0. The standard InChI is InChI=1S/C22H30N4/c1-26(21-14-6-3-7-15-21)17-19-11-9-8-10-18(19)16-24-22(23)25-20-12-4-2-5-13-20/h2,4-5,8-13,21H,3,6-7,14-17H2,1H3,(H3,23,24,25). The lowest BCUT2D eigenvalue weighted by Crippen LogP contribution is -2.33. The molecule has 138 valence electrons. The molecule has 0 spiro atoms. The Morgan fingerprint density at radius 3 is 2.38 bits per heavy atom. The molecule has 1 saturated carbocycles. The molecule has 0 radical (unpaired) electrons. The fourth-order valence-corrected chi connectivity index (χ4v) is 3.66. The highest BCUT2D eigenvalue weighted by Crippen LogP contribution is 2.23. The summed E-state index contributed by atoms with van der Waals surface area (Å²) in [5, 5.41) is 3.14. The highest BCUT2D eigenvalue weighted by Gasteiger charge is 2.18. The van der Waals surface area contributed by atoms with Crippen LogP contribution in [0.4, 0.5) is 5.69 Å². The molecule has 0 aliphatic heterocycles. The van der Waals surface area contributed by atoms with Gasteiger partial charge < -0.3 is 11.1 Å². The molecule has 0 amide bonds. The monoisotopic (exact) mass is 350 g/mol. The van der Waals surface area contributed by atoms with Crippen molar-refractivity contribution in [3.05, 3.63) is 65.7 Å². The quantitative estimate of drug-likeness (QED) is 0.600. The maximum Gasteiger partial charge on any atom is 0.193 e. The van der Waals surface area contributed by atoms with E-state index in [0.717, 1.165) is 12.2 Å². The van der Waals surface area contributed by atoms with Gasteiger partial charge in [-0.05, 0) is 43.1 Å². The maximum absolute atomic E-state index is 6.05. The first-order valence-electron chi connectivity index (χ1n) is 9.61. The van der Waals surface area contributed by atoms with Gasteiger partial charge in [0.05, 0.1) is 6.54 Å². The Bertz CT molecular complexity index is 705. The highest BCUT2D eigenvalue weighted by atomic mass is 15.1. The van der Waals surface area contributed by atoms with E-state index >= 15 is 0 Å². The highest BCUT2D eigenvalue weighted by molar-refractivity contribution is 5.92. The summed E-state index contributed by atoms with van der Waals surface area (Å²) in [6.45, 7) is 1.57. The predicted octanol–water partition coefficient (Wildman–Crippen LogP) is 4.38. The molecule has 3 N–H and O–H groups in total. The predicted molar refractivity (Wildman–Crippen MR) is 110 cm³/mol. The van der Waals surface area contributed by atoms with E-state index in [1.807, 2.05) is 30.3 Å². The zero-order valence-electron chi connectivity index (χ0n) is 15.7. The van der Waals surface area contributed by atoms with Crippen molar-refractivity contribution in [2.24, 2.45) is 10.7 Å². The van der Waals surface area contributed by atoms with Gasteiger partial charge >= 0.3 is 0 Å². The van der Waals surface area contributed by atoms with Crippen molar-refractivity contribution < 1.29 is 0 Å². The zero-order valence-corrected chi connectivity index (χ0v) is 15.7. The second-order valence-corrected chi connectivity index (χ2v) is 7.17. The first kappa shape index (κ1) is 18.5. The lowest BCUT2D eigenvalue weighted by Gasteiger charge is -2.31. The summed E-state index contributed by atoms with van der Waals surface area (Å²) < 4.78 is 0. The van der Waals surface area contributed by atoms with Crippen LogP contribution in [0.3, 0.4) is 0 Å². The molecule has 1 aliphatic rings. The fraction of sp³-hybridized carbons (Fsp3) is 0.409. The third-order valence-corrected chi connectivity index (χ3v) is 5.20. The number of aliphatic imine (C=N–C) groups is 1. The number of nitrogens with zero attached hydrogens (tertiary/aromatic N) is 2. The Kier molecular flexibility index (Phi) is 6.67. The van der Waals surface area contributed by atoms with E-state index < -0.39 is 0 Å². The molecule has 0 unspecified atom stereocenters. The summed E-state index contributed by atoms with van der Waals surface area (Å²) in [6, 6.07) is 19.2. The van der Waals surface area contributed by atoms with Crippen molar-refractivity contribution in [3.63, 3.8) is 0 Å². The van der Waals surface area contributed by atoms with E-state index in [1.165, 1.54) is 43.2 Å². The molecular weight excluding hydrogens is 320 g/mol. The summed E-state index contributed by atoms with van der Waals surface area (Å²) in [4.78, 5) is 7.04. The van der Waals surface area contributed by atoms with Crippen LogP contribution in [0.2, 0.25) is 0 Å². The minimum Gasteiger partial charge on any atom is -0.370 e. The van der Waals surface area contributed by atoms with Crippen LogP contribution >= 0.6 is 0 Å². The van der Waals surface area contributed by atoms with Crippen molar-refractivity contribution in [1.82, 2.24) is 4.90 Å². The van der Waals surface area contributed by atoms with Gasteiger partial charge in [-0.2, -0.15) is 0 Å². The van der Waals surface area contributed by atoms with E-state index in [0.29, 0.717) is 18.5 Å². The number of nitrogens with two attached hydrogens (primary N) is 1. The van der Waals surface area contributed by atoms with Gasteiger partial charge in [-0.25, -0.2) is 4.99 Å². The van der Waals surface area contributed by atoms with Crippen LogP contribution in [0.5, 0.6) is 0 Å². The van der Waals surface area contributed by atoms with Gasteiger partial charge in [-0.3, -0.25) is 4.90 Å². The van der Waals surface area contributed by atoms with Crippen molar-refractivity contribution in [2.75, 3.05) is 12.4 Å². The van der Waals surface area contributed by atoms with Gasteiger partial charge in [0, 0.05) is 18.3 Å². The van der Waals surface area contributed by atoms with Gasteiger partial charge in [0.25, 0.3) is 0 Å². The molecule has 0 heterocycles. The van der Waals surface area contributed by atoms with Crippen LogP contribution in [0.25, 0.3) is 0 Å². The molecule has 3 rings (SSSR count). The molecule has 26 heavy (non-hydrogen) atoms. The van der Waals surface area contributed by atoms with Crippen LogP contribution in [-0.4, -0.2) is 23.9 Å². The fourth-order valence-electron chi connectivity index (χ4n) is 3.66. The SMILES string of the molecule is CN(Cc1ccccc1CN=C(N)Nc1ccccc1)C1CCCCC1.